The lowest BCUT2D eigenvalue weighted by atomic mass is 9.99. The first-order valence-electron chi connectivity index (χ1n) is 7.03. The molecule has 112 valence electrons. The number of hydrogen-bond acceptors (Lipinski definition) is 2. The fourth-order valence-electron chi connectivity index (χ4n) is 2.12. The molecule has 0 radical (unpaired) electrons. The predicted octanol–water partition coefficient (Wildman–Crippen LogP) is 4.51. The molecule has 1 unspecified atom stereocenters. The third-order valence-electron chi connectivity index (χ3n) is 3.23. The van der Waals surface area contributed by atoms with Gasteiger partial charge < -0.3 is 10.5 Å². The smallest absolute Gasteiger partial charge is 0.145 e. The molecule has 0 bridgehead atoms. The summed E-state index contributed by atoms with van der Waals surface area (Å²) in [6.07, 6.45) is 1.34. The minimum absolute atomic E-state index is 0.125. The van der Waals surface area contributed by atoms with Crippen LogP contribution in [0.2, 0.25) is 5.02 Å². The molecular formula is C17H19ClFNO. The van der Waals surface area contributed by atoms with Gasteiger partial charge in [0.25, 0.3) is 0 Å². The molecule has 0 amide bonds. The summed E-state index contributed by atoms with van der Waals surface area (Å²) in [7, 11) is 0. The molecule has 0 saturated carbocycles. The highest BCUT2D eigenvalue weighted by Crippen LogP contribution is 2.24. The Labute approximate surface area is 129 Å². The van der Waals surface area contributed by atoms with Crippen LogP contribution in [-0.2, 0) is 6.42 Å². The zero-order valence-corrected chi connectivity index (χ0v) is 12.7. The molecule has 0 heterocycles. The van der Waals surface area contributed by atoms with Crippen LogP contribution in [0.1, 0.15) is 30.5 Å². The van der Waals surface area contributed by atoms with E-state index in [1.807, 2.05) is 24.3 Å². The van der Waals surface area contributed by atoms with Gasteiger partial charge in [-0.15, -0.1) is 0 Å². The highest BCUT2D eigenvalue weighted by molar-refractivity contribution is 6.30. The second-order valence-corrected chi connectivity index (χ2v) is 5.35. The molecule has 4 heteroatoms. The first kappa shape index (κ1) is 15.8. The monoisotopic (exact) mass is 307 g/mol. The Hall–Kier alpha value is -1.58. The third kappa shape index (κ3) is 4.19. The van der Waals surface area contributed by atoms with Gasteiger partial charge in [0.2, 0.25) is 0 Å². The molecule has 0 aromatic heterocycles. The molecule has 21 heavy (non-hydrogen) atoms. The quantitative estimate of drug-likeness (QED) is 0.852. The summed E-state index contributed by atoms with van der Waals surface area (Å²) >= 11 is 5.79. The summed E-state index contributed by atoms with van der Waals surface area (Å²) in [5, 5.41) is 0.125. The Kier molecular flexibility index (Phi) is 5.59. The normalized spacial score (nSPS) is 12.2. The van der Waals surface area contributed by atoms with Gasteiger partial charge in [-0.1, -0.05) is 42.8 Å². The molecule has 0 aliphatic rings. The van der Waals surface area contributed by atoms with Gasteiger partial charge in [-0.3, -0.25) is 0 Å². The molecule has 2 rings (SSSR count). The van der Waals surface area contributed by atoms with Crippen molar-refractivity contribution in [3.63, 3.8) is 0 Å². The summed E-state index contributed by atoms with van der Waals surface area (Å²) < 4.78 is 19.5. The molecule has 0 aliphatic carbocycles. The van der Waals surface area contributed by atoms with Gasteiger partial charge in [0.1, 0.15) is 11.6 Å². The van der Waals surface area contributed by atoms with Gasteiger partial charge in [-0.2, -0.15) is 0 Å². The molecule has 2 N–H and O–H groups in total. The summed E-state index contributed by atoms with van der Waals surface area (Å²) in [4.78, 5) is 0. The van der Waals surface area contributed by atoms with E-state index in [0.29, 0.717) is 18.6 Å². The maximum atomic E-state index is 13.9. The van der Waals surface area contributed by atoms with Gasteiger partial charge in [-0.05, 0) is 42.2 Å². The Morgan fingerprint density at radius 1 is 1.24 bits per heavy atom. The number of ether oxygens (including phenoxy) is 1. The largest absolute Gasteiger partial charge is 0.494 e. The van der Waals surface area contributed by atoms with Crippen molar-refractivity contribution in [2.24, 2.45) is 5.73 Å². The van der Waals surface area contributed by atoms with Crippen LogP contribution in [0.15, 0.2) is 42.5 Å². The Bertz CT molecular complexity index is 603. The van der Waals surface area contributed by atoms with Crippen molar-refractivity contribution in [3.05, 3.63) is 64.4 Å². The summed E-state index contributed by atoms with van der Waals surface area (Å²) in [6, 6.07) is 12.3. The number of nitrogens with two attached hydrogens (primary N) is 1. The summed E-state index contributed by atoms with van der Waals surface area (Å²) in [5.74, 6) is 0.393. The van der Waals surface area contributed by atoms with E-state index in [2.05, 4.69) is 6.92 Å². The first-order valence-corrected chi connectivity index (χ1v) is 7.41. The number of rotatable bonds is 6. The van der Waals surface area contributed by atoms with Crippen molar-refractivity contribution in [2.75, 3.05) is 6.61 Å². The third-order valence-corrected chi connectivity index (χ3v) is 3.52. The van der Waals surface area contributed by atoms with Crippen LogP contribution in [0.4, 0.5) is 4.39 Å². The van der Waals surface area contributed by atoms with E-state index in [1.54, 1.807) is 12.1 Å². The van der Waals surface area contributed by atoms with Crippen LogP contribution in [0.3, 0.4) is 0 Å². The Morgan fingerprint density at radius 3 is 2.76 bits per heavy atom. The number of benzene rings is 2. The van der Waals surface area contributed by atoms with E-state index in [0.717, 1.165) is 17.7 Å². The minimum Gasteiger partial charge on any atom is -0.494 e. The van der Waals surface area contributed by atoms with E-state index >= 15 is 0 Å². The van der Waals surface area contributed by atoms with Gasteiger partial charge in [0.05, 0.1) is 11.6 Å². The zero-order valence-electron chi connectivity index (χ0n) is 12.0. The average molecular weight is 308 g/mol. The molecule has 0 spiro atoms. The fraction of sp³-hybridized carbons (Fsp3) is 0.294. The van der Waals surface area contributed by atoms with E-state index in [4.69, 9.17) is 22.1 Å². The highest BCUT2D eigenvalue weighted by atomic mass is 35.5. The minimum atomic E-state index is -0.395. The van der Waals surface area contributed by atoms with Crippen molar-refractivity contribution in [3.8, 4) is 5.75 Å². The molecule has 2 nitrogen and oxygen atoms in total. The van der Waals surface area contributed by atoms with Crippen molar-refractivity contribution < 1.29 is 9.13 Å². The molecule has 0 saturated heterocycles. The lowest BCUT2D eigenvalue weighted by Gasteiger charge is -2.14. The maximum absolute atomic E-state index is 13.9. The average Bonchev–Trinajstić information content (AvgIpc) is 2.50. The van der Waals surface area contributed by atoms with Crippen LogP contribution < -0.4 is 10.5 Å². The predicted molar refractivity (Wildman–Crippen MR) is 84.3 cm³/mol. The van der Waals surface area contributed by atoms with Crippen LogP contribution >= 0.6 is 11.6 Å². The van der Waals surface area contributed by atoms with Crippen molar-refractivity contribution in [1.29, 1.82) is 0 Å². The van der Waals surface area contributed by atoms with Crippen LogP contribution in [0.25, 0.3) is 0 Å². The van der Waals surface area contributed by atoms with Crippen molar-refractivity contribution in [1.82, 2.24) is 0 Å². The maximum Gasteiger partial charge on any atom is 0.145 e. The lowest BCUT2D eigenvalue weighted by molar-refractivity contribution is 0.317. The molecule has 2 aromatic carbocycles. The standard InChI is InChI=1S/C17H19ClFNO/c1-2-9-21-14-7-3-5-12(10-14)16(20)11-13-6-4-8-15(18)17(13)19/h3-8,10,16H,2,9,11,20H2,1H3. The Balaban J connectivity index is 2.12. The van der Waals surface area contributed by atoms with Gasteiger partial charge >= 0.3 is 0 Å². The fourth-order valence-corrected chi connectivity index (χ4v) is 2.31. The van der Waals surface area contributed by atoms with E-state index in [9.17, 15) is 4.39 Å². The van der Waals surface area contributed by atoms with Gasteiger partial charge in [0, 0.05) is 6.04 Å². The SMILES string of the molecule is CCCOc1cccc(C(N)Cc2cccc(Cl)c2F)c1. The van der Waals surface area contributed by atoms with Crippen molar-refractivity contribution >= 4 is 11.6 Å². The van der Waals surface area contributed by atoms with E-state index < -0.39 is 5.82 Å². The molecule has 0 fully saturated rings. The Morgan fingerprint density at radius 2 is 2.00 bits per heavy atom. The lowest BCUT2D eigenvalue weighted by Crippen LogP contribution is -2.14. The van der Waals surface area contributed by atoms with Crippen LogP contribution in [-0.4, -0.2) is 6.61 Å². The van der Waals surface area contributed by atoms with Crippen molar-refractivity contribution in [2.45, 2.75) is 25.8 Å². The first-order chi connectivity index (χ1) is 10.1. The number of hydrogen-bond donors (Lipinski definition) is 1. The summed E-state index contributed by atoms with van der Waals surface area (Å²) in [6.45, 7) is 2.72. The van der Waals surface area contributed by atoms with Gasteiger partial charge in [-0.25, -0.2) is 4.39 Å². The zero-order chi connectivity index (χ0) is 15.2. The van der Waals surface area contributed by atoms with Crippen LogP contribution in [0.5, 0.6) is 5.75 Å². The number of halogens is 2. The molecule has 0 aliphatic heterocycles. The summed E-state index contributed by atoms with van der Waals surface area (Å²) in [5.41, 5.74) is 7.62. The topological polar surface area (TPSA) is 35.2 Å². The molecule has 2 aromatic rings. The molecule has 1 atom stereocenters. The molecular weight excluding hydrogens is 289 g/mol. The second kappa shape index (κ2) is 7.43. The van der Waals surface area contributed by atoms with Crippen LogP contribution in [0, 0.1) is 5.82 Å². The van der Waals surface area contributed by atoms with E-state index in [1.165, 1.54) is 6.07 Å². The second-order valence-electron chi connectivity index (χ2n) is 4.94. The van der Waals surface area contributed by atoms with E-state index in [-0.39, 0.29) is 11.1 Å². The highest BCUT2D eigenvalue weighted by Gasteiger charge is 2.13. The van der Waals surface area contributed by atoms with Gasteiger partial charge in [0.15, 0.2) is 0 Å².